The van der Waals surface area contributed by atoms with Gasteiger partial charge in [0.2, 0.25) is 16.0 Å². The molecule has 1 aliphatic rings. The SMILES string of the molecule is CSC1CCC(NS(=O)(=O)c2cnc(NN)nc2)CC1. The van der Waals surface area contributed by atoms with Gasteiger partial charge in [-0.05, 0) is 31.9 Å². The molecule has 1 saturated carbocycles. The van der Waals surface area contributed by atoms with Gasteiger partial charge in [-0.15, -0.1) is 0 Å². The van der Waals surface area contributed by atoms with Crippen molar-refractivity contribution in [2.75, 3.05) is 11.7 Å². The highest BCUT2D eigenvalue weighted by Crippen LogP contribution is 2.27. The molecule has 1 aromatic rings. The second-order valence-electron chi connectivity index (χ2n) is 4.72. The number of nitrogens with zero attached hydrogens (tertiary/aromatic N) is 2. The molecule has 1 aliphatic carbocycles. The molecule has 1 heterocycles. The number of sulfonamides is 1. The van der Waals surface area contributed by atoms with Gasteiger partial charge in [0.1, 0.15) is 4.90 Å². The first-order valence-electron chi connectivity index (χ1n) is 6.39. The summed E-state index contributed by atoms with van der Waals surface area (Å²) >= 11 is 1.85. The van der Waals surface area contributed by atoms with E-state index in [2.05, 4.69) is 26.4 Å². The lowest BCUT2D eigenvalue weighted by atomic mass is 9.96. The zero-order valence-electron chi connectivity index (χ0n) is 11.2. The van der Waals surface area contributed by atoms with Crippen LogP contribution in [-0.4, -0.2) is 35.9 Å². The fourth-order valence-corrected chi connectivity index (χ4v) is 4.17. The number of rotatable bonds is 5. The highest BCUT2D eigenvalue weighted by molar-refractivity contribution is 7.99. The monoisotopic (exact) mass is 317 g/mol. The molecule has 0 bridgehead atoms. The van der Waals surface area contributed by atoms with Gasteiger partial charge in [-0.3, -0.25) is 5.43 Å². The average Bonchev–Trinajstić information content (AvgIpc) is 2.48. The van der Waals surface area contributed by atoms with Gasteiger partial charge in [0.05, 0.1) is 12.4 Å². The van der Waals surface area contributed by atoms with E-state index < -0.39 is 10.0 Å². The van der Waals surface area contributed by atoms with E-state index >= 15 is 0 Å². The minimum Gasteiger partial charge on any atom is -0.292 e. The van der Waals surface area contributed by atoms with E-state index in [0.29, 0.717) is 5.25 Å². The molecule has 9 heteroatoms. The molecule has 0 radical (unpaired) electrons. The second kappa shape index (κ2) is 6.70. The lowest BCUT2D eigenvalue weighted by Gasteiger charge is -2.27. The van der Waals surface area contributed by atoms with Crippen molar-refractivity contribution >= 4 is 27.7 Å². The maximum atomic E-state index is 12.2. The molecular weight excluding hydrogens is 298 g/mol. The van der Waals surface area contributed by atoms with E-state index in [1.807, 2.05) is 11.8 Å². The number of anilines is 1. The molecule has 0 amide bonds. The van der Waals surface area contributed by atoms with Gasteiger partial charge < -0.3 is 0 Å². The molecule has 20 heavy (non-hydrogen) atoms. The average molecular weight is 317 g/mol. The summed E-state index contributed by atoms with van der Waals surface area (Å²) in [6, 6.07) is -0.00397. The van der Waals surface area contributed by atoms with Crippen LogP contribution >= 0.6 is 11.8 Å². The smallest absolute Gasteiger partial charge is 0.243 e. The number of nitrogens with one attached hydrogen (secondary N) is 2. The van der Waals surface area contributed by atoms with Crippen LogP contribution in [0.15, 0.2) is 17.3 Å². The van der Waals surface area contributed by atoms with Crippen molar-refractivity contribution in [3.63, 3.8) is 0 Å². The molecule has 0 spiro atoms. The first-order valence-corrected chi connectivity index (χ1v) is 9.16. The highest BCUT2D eigenvalue weighted by Gasteiger charge is 2.25. The van der Waals surface area contributed by atoms with Crippen LogP contribution in [0.5, 0.6) is 0 Å². The van der Waals surface area contributed by atoms with Crippen LogP contribution in [0, 0.1) is 0 Å². The van der Waals surface area contributed by atoms with E-state index in [1.165, 1.54) is 12.4 Å². The van der Waals surface area contributed by atoms with Crippen molar-refractivity contribution in [2.24, 2.45) is 5.84 Å². The summed E-state index contributed by atoms with van der Waals surface area (Å²) in [4.78, 5) is 7.68. The van der Waals surface area contributed by atoms with Crippen LogP contribution in [0.2, 0.25) is 0 Å². The molecule has 1 aromatic heterocycles. The third-order valence-electron chi connectivity index (χ3n) is 3.40. The maximum absolute atomic E-state index is 12.2. The van der Waals surface area contributed by atoms with Crippen molar-refractivity contribution in [1.29, 1.82) is 0 Å². The van der Waals surface area contributed by atoms with Gasteiger partial charge in [0.25, 0.3) is 0 Å². The molecule has 2 rings (SSSR count). The van der Waals surface area contributed by atoms with E-state index in [9.17, 15) is 8.42 Å². The predicted molar refractivity (Wildman–Crippen MR) is 79.7 cm³/mol. The van der Waals surface area contributed by atoms with E-state index in [-0.39, 0.29) is 16.9 Å². The summed E-state index contributed by atoms with van der Waals surface area (Å²) in [6.45, 7) is 0. The molecule has 0 aliphatic heterocycles. The fourth-order valence-electron chi connectivity index (χ4n) is 2.23. The largest absolute Gasteiger partial charge is 0.292 e. The Hall–Kier alpha value is -0.900. The first-order chi connectivity index (χ1) is 9.55. The van der Waals surface area contributed by atoms with Crippen molar-refractivity contribution < 1.29 is 8.42 Å². The Morgan fingerprint density at radius 1 is 1.25 bits per heavy atom. The maximum Gasteiger partial charge on any atom is 0.243 e. The molecule has 0 unspecified atom stereocenters. The topological polar surface area (TPSA) is 110 Å². The lowest BCUT2D eigenvalue weighted by Crippen LogP contribution is -2.38. The second-order valence-corrected chi connectivity index (χ2v) is 7.57. The van der Waals surface area contributed by atoms with E-state index in [4.69, 9.17) is 5.84 Å². The van der Waals surface area contributed by atoms with Gasteiger partial charge in [0, 0.05) is 11.3 Å². The molecule has 4 N–H and O–H groups in total. The molecule has 0 atom stereocenters. The summed E-state index contributed by atoms with van der Waals surface area (Å²) in [7, 11) is -3.56. The minimum atomic E-state index is -3.56. The highest BCUT2D eigenvalue weighted by atomic mass is 32.2. The van der Waals surface area contributed by atoms with Crippen LogP contribution in [0.25, 0.3) is 0 Å². The molecule has 0 saturated heterocycles. The Morgan fingerprint density at radius 3 is 2.35 bits per heavy atom. The quantitative estimate of drug-likeness (QED) is 0.542. The summed E-state index contributed by atoms with van der Waals surface area (Å²) in [5, 5.41) is 0.647. The summed E-state index contributed by atoms with van der Waals surface area (Å²) in [5.74, 6) is 5.33. The number of hydrogen-bond acceptors (Lipinski definition) is 7. The van der Waals surface area contributed by atoms with Crippen molar-refractivity contribution in [3.05, 3.63) is 12.4 Å². The number of thioether (sulfide) groups is 1. The van der Waals surface area contributed by atoms with Crippen LogP contribution in [-0.2, 0) is 10.0 Å². The van der Waals surface area contributed by atoms with Gasteiger partial charge in [0.15, 0.2) is 0 Å². The number of aromatic nitrogens is 2. The summed E-state index contributed by atoms with van der Waals surface area (Å²) in [5.41, 5.74) is 2.26. The normalized spacial score (nSPS) is 23.5. The Bertz CT molecular complexity index is 526. The van der Waals surface area contributed by atoms with Crippen LogP contribution < -0.4 is 16.0 Å². The first kappa shape index (κ1) is 15.5. The third-order valence-corrected chi connectivity index (χ3v) is 6.01. The van der Waals surface area contributed by atoms with Gasteiger partial charge in [-0.25, -0.2) is 29.0 Å². The molecule has 1 fully saturated rings. The molecule has 112 valence electrons. The Balaban J connectivity index is 2.00. The van der Waals surface area contributed by atoms with Crippen LogP contribution in [0.3, 0.4) is 0 Å². The lowest BCUT2D eigenvalue weighted by molar-refractivity contribution is 0.420. The van der Waals surface area contributed by atoms with Crippen molar-refractivity contribution in [3.8, 4) is 0 Å². The van der Waals surface area contributed by atoms with E-state index in [1.54, 1.807) is 0 Å². The van der Waals surface area contributed by atoms with Crippen molar-refractivity contribution in [2.45, 2.75) is 41.9 Å². The zero-order valence-corrected chi connectivity index (χ0v) is 12.9. The number of hydrazine groups is 1. The molecule has 0 aromatic carbocycles. The Kier molecular flexibility index (Phi) is 5.19. The van der Waals surface area contributed by atoms with Crippen LogP contribution in [0.1, 0.15) is 25.7 Å². The fraction of sp³-hybridized carbons (Fsp3) is 0.636. The predicted octanol–water partition coefficient (Wildman–Crippen LogP) is 0.715. The Morgan fingerprint density at radius 2 is 1.85 bits per heavy atom. The van der Waals surface area contributed by atoms with Gasteiger partial charge >= 0.3 is 0 Å². The van der Waals surface area contributed by atoms with Crippen molar-refractivity contribution in [1.82, 2.24) is 14.7 Å². The number of nitrogens with two attached hydrogens (primary N) is 1. The number of hydrogen-bond donors (Lipinski definition) is 3. The van der Waals surface area contributed by atoms with E-state index in [0.717, 1.165) is 25.7 Å². The molecule has 7 nitrogen and oxygen atoms in total. The number of nitrogen functional groups attached to an aromatic ring is 1. The molecular formula is C11H19N5O2S2. The Labute approximate surface area is 123 Å². The van der Waals surface area contributed by atoms with Gasteiger partial charge in [-0.2, -0.15) is 11.8 Å². The standard InChI is InChI=1S/C11H19N5O2S2/c1-19-9-4-2-8(3-5-9)16-20(17,18)10-6-13-11(15-12)14-7-10/h6-9,16H,2-5,12H2,1H3,(H,13,14,15). The zero-order chi connectivity index (χ0) is 14.6. The van der Waals surface area contributed by atoms with Gasteiger partial charge in [-0.1, -0.05) is 0 Å². The third kappa shape index (κ3) is 3.81. The van der Waals surface area contributed by atoms with Crippen LogP contribution in [0.4, 0.5) is 5.95 Å². The summed E-state index contributed by atoms with van der Waals surface area (Å²) < 4.78 is 27.1. The summed E-state index contributed by atoms with van der Waals surface area (Å²) in [6.07, 6.45) is 8.42. The minimum absolute atomic E-state index is 0.00397.